The van der Waals surface area contributed by atoms with Gasteiger partial charge in [-0.15, -0.1) is 11.3 Å². The van der Waals surface area contributed by atoms with E-state index >= 15 is 0 Å². The first-order chi connectivity index (χ1) is 16.5. The van der Waals surface area contributed by atoms with Gasteiger partial charge in [-0.2, -0.15) is 16.9 Å². The standard InChI is InChI=1S/C25H24ClN5OS2/c1-15-17-13-22(34-25(17)31(30-15)14-16-7-3-4-8-18(16)26)24(32)29-21(11-12-33-2)23-27-19-9-5-6-10-20(19)28-23/h3-10,13,21H,11-12,14H2,1-2H3,(H,27,28)(H,29,32)/t21-/m0/s1. The average Bonchev–Trinajstić information content (AvgIpc) is 3.53. The molecule has 0 saturated heterocycles. The van der Waals surface area contributed by atoms with Crippen molar-refractivity contribution in [1.29, 1.82) is 0 Å². The van der Waals surface area contributed by atoms with Crippen LogP contribution in [0, 0.1) is 6.92 Å². The third-order valence-electron chi connectivity index (χ3n) is 5.76. The third-order valence-corrected chi connectivity index (χ3v) is 7.92. The molecule has 9 heteroatoms. The molecule has 0 radical (unpaired) electrons. The molecule has 0 aliphatic carbocycles. The van der Waals surface area contributed by atoms with E-state index in [1.165, 1.54) is 11.3 Å². The number of fused-ring (bicyclic) bond motifs is 2. The number of carbonyl (C=O) groups excluding carboxylic acids is 1. The fourth-order valence-corrected chi connectivity index (χ4v) is 5.73. The van der Waals surface area contributed by atoms with Gasteiger partial charge in [0, 0.05) is 10.4 Å². The van der Waals surface area contributed by atoms with E-state index in [0.717, 1.165) is 50.5 Å². The van der Waals surface area contributed by atoms with Crippen molar-refractivity contribution in [3.05, 3.63) is 81.6 Å². The van der Waals surface area contributed by atoms with Crippen LogP contribution >= 0.6 is 34.7 Å². The summed E-state index contributed by atoms with van der Waals surface area (Å²) in [5, 5.41) is 9.59. The first kappa shape index (κ1) is 23.0. The minimum Gasteiger partial charge on any atom is -0.341 e. The van der Waals surface area contributed by atoms with Crippen LogP contribution in [0.4, 0.5) is 0 Å². The zero-order valence-corrected chi connectivity index (χ0v) is 21.2. The Balaban J connectivity index is 1.42. The summed E-state index contributed by atoms with van der Waals surface area (Å²) in [4.78, 5) is 23.0. The molecule has 0 aliphatic heterocycles. The lowest BCUT2D eigenvalue weighted by atomic mass is 10.2. The highest BCUT2D eigenvalue weighted by molar-refractivity contribution is 7.98. The van der Waals surface area contributed by atoms with E-state index in [2.05, 4.69) is 21.7 Å². The van der Waals surface area contributed by atoms with E-state index in [4.69, 9.17) is 16.6 Å². The maximum absolute atomic E-state index is 13.3. The summed E-state index contributed by atoms with van der Waals surface area (Å²) in [5.74, 6) is 1.60. The van der Waals surface area contributed by atoms with E-state index in [9.17, 15) is 4.79 Å². The van der Waals surface area contributed by atoms with E-state index in [1.807, 2.05) is 66.2 Å². The van der Waals surface area contributed by atoms with Gasteiger partial charge in [0.1, 0.15) is 10.7 Å². The number of aromatic amines is 1. The molecular weight excluding hydrogens is 486 g/mol. The van der Waals surface area contributed by atoms with Crippen LogP contribution in [-0.2, 0) is 6.54 Å². The van der Waals surface area contributed by atoms with Gasteiger partial charge in [0.15, 0.2) is 0 Å². The molecule has 2 N–H and O–H groups in total. The van der Waals surface area contributed by atoms with Gasteiger partial charge in [-0.25, -0.2) is 4.98 Å². The second kappa shape index (κ2) is 9.82. The maximum Gasteiger partial charge on any atom is 0.262 e. The van der Waals surface area contributed by atoms with E-state index in [1.54, 1.807) is 11.8 Å². The second-order valence-electron chi connectivity index (χ2n) is 8.11. The number of nitrogens with zero attached hydrogens (tertiary/aromatic N) is 3. The Morgan fingerprint density at radius 1 is 1.24 bits per heavy atom. The van der Waals surface area contributed by atoms with Crippen molar-refractivity contribution in [1.82, 2.24) is 25.1 Å². The Morgan fingerprint density at radius 3 is 2.82 bits per heavy atom. The molecule has 0 spiro atoms. The molecule has 0 bridgehead atoms. The summed E-state index contributed by atoms with van der Waals surface area (Å²) in [6, 6.07) is 17.4. The van der Waals surface area contributed by atoms with Gasteiger partial charge < -0.3 is 10.3 Å². The molecule has 5 rings (SSSR count). The van der Waals surface area contributed by atoms with Crippen LogP contribution in [0.25, 0.3) is 21.3 Å². The normalized spacial score (nSPS) is 12.4. The maximum atomic E-state index is 13.3. The lowest BCUT2D eigenvalue weighted by Crippen LogP contribution is -2.29. The van der Waals surface area contributed by atoms with Gasteiger partial charge >= 0.3 is 0 Å². The molecule has 34 heavy (non-hydrogen) atoms. The highest BCUT2D eigenvalue weighted by Crippen LogP contribution is 2.30. The van der Waals surface area contributed by atoms with Crippen molar-refractivity contribution in [3.63, 3.8) is 0 Å². The molecule has 1 amide bonds. The number of imidazole rings is 1. The predicted molar refractivity (Wildman–Crippen MR) is 142 cm³/mol. The number of amides is 1. The molecule has 2 aromatic carbocycles. The van der Waals surface area contributed by atoms with Crippen molar-refractivity contribution in [2.75, 3.05) is 12.0 Å². The molecule has 3 aromatic heterocycles. The molecule has 1 atom stereocenters. The van der Waals surface area contributed by atoms with Crippen molar-refractivity contribution < 1.29 is 4.79 Å². The van der Waals surface area contributed by atoms with Crippen molar-refractivity contribution in [2.45, 2.75) is 25.9 Å². The number of carbonyl (C=O) groups is 1. The lowest BCUT2D eigenvalue weighted by Gasteiger charge is -2.15. The molecule has 174 valence electrons. The van der Waals surface area contributed by atoms with Gasteiger partial charge in [-0.3, -0.25) is 9.48 Å². The second-order valence-corrected chi connectivity index (χ2v) is 10.5. The Labute approximate surface area is 210 Å². The number of benzene rings is 2. The topological polar surface area (TPSA) is 75.6 Å². The number of thiophene rings is 1. The summed E-state index contributed by atoms with van der Waals surface area (Å²) in [7, 11) is 0. The molecule has 5 aromatic rings. The highest BCUT2D eigenvalue weighted by Gasteiger charge is 2.22. The first-order valence-electron chi connectivity index (χ1n) is 11.0. The molecule has 6 nitrogen and oxygen atoms in total. The SMILES string of the molecule is CSCC[C@H](NC(=O)c1cc2c(C)nn(Cc3ccccc3Cl)c2s1)c1nc2ccccc2[nH]1. The van der Waals surface area contributed by atoms with E-state index in [0.29, 0.717) is 16.4 Å². The first-order valence-corrected chi connectivity index (χ1v) is 13.6. The summed E-state index contributed by atoms with van der Waals surface area (Å²) >= 11 is 9.57. The molecule has 0 aliphatic rings. The Bertz CT molecular complexity index is 1440. The molecule has 3 heterocycles. The van der Waals surface area contributed by atoms with Crippen LogP contribution in [0.2, 0.25) is 5.02 Å². The quantitative estimate of drug-likeness (QED) is 0.261. The lowest BCUT2D eigenvalue weighted by molar-refractivity contribution is 0.0938. The number of aryl methyl sites for hydroxylation is 1. The Morgan fingerprint density at radius 2 is 2.03 bits per heavy atom. The van der Waals surface area contributed by atoms with Crippen LogP contribution in [0.15, 0.2) is 54.6 Å². The van der Waals surface area contributed by atoms with Crippen molar-refractivity contribution >= 4 is 61.9 Å². The number of halogens is 1. The fraction of sp³-hybridized carbons (Fsp3) is 0.240. The third kappa shape index (κ3) is 4.58. The van der Waals surface area contributed by atoms with Crippen LogP contribution in [0.1, 0.15) is 39.2 Å². The number of aromatic nitrogens is 4. The van der Waals surface area contributed by atoms with Crippen LogP contribution in [0.3, 0.4) is 0 Å². The minimum absolute atomic E-state index is 0.101. The van der Waals surface area contributed by atoms with E-state index < -0.39 is 0 Å². The van der Waals surface area contributed by atoms with Crippen LogP contribution in [-0.4, -0.2) is 37.7 Å². The number of hydrogen-bond acceptors (Lipinski definition) is 5. The fourth-order valence-electron chi connectivity index (χ4n) is 4.00. The highest BCUT2D eigenvalue weighted by atomic mass is 35.5. The minimum atomic E-state index is -0.196. The van der Waals surface area contributed by atoms with E-state index in [-0.39, 0.29) is 11.9 Å². The number of rotatable bonds is 8. The summed E-state index contributed by atoms with van der Waals surface area (Å²) in [6.45, 7) is 2.52. The average molecular weight is 510 g/mol. The number of nitrogens with one attached hydrogen (secondary N) is 2. The van der Waals surface area contributed by atoms with Gasteiger partial charge in [-0.05, 0) is 55.2 Å². The number of para-hydroxylation sites is 2. The summed E-state index contributed by atoms with van der Waals surface area (Å²) in [5.41, 5.74) is 3.76. The largest absolute Gasteiger partial charge is 0.341 e. The van der Waals surface area contributed by atoms with Crippen LogP contribution in [0.5, 0.6) is 0 Å². The van der Waals surface area contributed by atoms with Gasteiger partial charge in [0.25, 0.3) is 5.91 Å². The monoisotopic (exact) mass is 509 g/mol. The van der Waals surface area contributed by atoms with Crippen molar-refractivity contribution in [2.24, 2.45) is 0 Å². The summed E-state index contributed by atoms with van der Waals surface area (Å²) in [6.07, 6.45) is 2.86. The zero-order chi connectivity index (χ0) is 23.7. The number of hydrogen-bond donors (Lipinski definition) is 2. The predicted octanol–water partition coefficient (Wildman–Crippen LogP) is 6.21. The van der Waals surface area contributed by atoms with Crippen molar-refractivity contribution in [3.8, 4) is 0 Å². The van der Waals surface area contributed by atoms with Gasteiger partial charge in [-0.1, -0.05) is 41.9 Å². The molecular formula is C25H24ClN5OS2. The number of thioether (sulfide) groups is 1. The zero-order valence-electron chi connectivity index (χ0n) is 18.8. The molecule has 0 unspecified atom stereocenters. The smallest absolute Gasteiger partial charge is 0.262 e. The molecule has 0 saturated carbocycles. The van der Waals surface area contributed by atoms with Gasteiger partial charge in [0.05, 0.1) is 34.2 Å². The summed E-state index contributed by atoms with van der Waals surface area (Å²) < 4.78 is 1.93. The van der Waals surface area contributed by atoms with Crippen LogP contribution < -0.4 is 5.32 Å². The number of H-pyrrole nitrogens is 1. The Kier molecular flexibility index (Phi) is 6.63. The Hall–Kier alpha value is -2.81. The van der Waals surface area contributed by atoms with Gasteiger partial charge in [0.2, 0.25) is 0 Å². The molecule has 0 fully saturated rings.